The number of aromatic amines is 1. The number of rotatable bonds is 3. The van der Waals surface area contributed by atoms with Crippen molar-refractivity contribution in [2.24, 2.45) is 5.41 Å². The Morgan fingerprint density at radius 3 is 2.57 bits per heavy atom. The molecule has 0 aliphatic rings. The van der Waals surface area contributed by atoms with E-state index in [2.05, 4.69) is 15.4 Å². The van der Waals surface area contributed by atoms with Gasteiger partial charge in [-0.2, -0.15) is 15.4 Å². The fourth-order valence-electron chi connectivity index (χ4n) is 1.07. The van der Waals surface area contributed by atoms with Gasteiger partial charge < -0.3 is 5.11 Å². The van der Waals surface area contributed by atoms with E-state index < -0.39 is 5.41 Å². The molecule has 0 unspecified atom stereocenters. The molecule has 1 aromatic heterocycles. The van der Waals surface area contributed by atoms with Crippen molar-refractivity contribution in [2.75, 3.05) is 6.61 Å². The zero-order chi connectivity index (χ0) is 10.8. The minimum absolute atomic E-state index is 0.0308. The standard InChI is InChI=1S/C9H15N3O2/c1-9(2,3)8(14)7-6(4-5-13)10-12-11-7/h13H,4-5H2,1-3H3,(H,10,11,12). The van der Waals surface area contributed by atoms with E-state index in [9.17, 15) is 4.79 Å². The number of aliphatic hydroxyl groups is 1. The first-order valence-electron chi connectivity index (χ1n) is 4.52. The van der Waals surface area contributed by atoms with Gasteiger partial charge in [0.1, 0.15) is 0 Å². The van der Waals surface area contributed by atoms with Crippen LogP contribution in [0.25, 0.3) is 0 Å². The van der Waals surface area contributed by atoms with Crippen molar-refractivity contribution in [2.45, 2.75) is 27.2 Å². The molecule has 0 fully saturated rings. The van der Waals surface area contributed by atoms with E-state index in [4.69, 9.17) is 5.11 Å². The van der Waals surface area contributed by atoms with Gasteiger partial charge in [-0.05, 0) is 0 Å². The lowest BCUT2D eigenvalue weighted by Gasteiger charge is -2.14. The van der Waals surface area contributed by atoms with E-state index in [0.29, 0.717) is 17.8 Å². The molecule has 1 heterocycles. The second-order valence-electron chi connectivity index (χ2n) is 4.17. The highest BCUT2D eigenvalue weighted by Crippen LogP contribution is 2.20. The normalized spacial score (nSPS) is 11.7. The molecule has 0 atom stereocenters. The molecule has 1 aromatic rings. The highest BCUT2D eigenvalue weighted by molar-refractivity contribution is 5.98. The van der Waals surface area contributed by atoms with E-state index in [1.165, 1.54) is 0 Å². The molecular formula is C9H15N3O2. The predicted molar refractivity (Wildman–Crippen MR) is 51.0 cm³/mol. The summed E-state index contributed by atoms with van der Waals surface area (Å²) < 4.78 is 0. The Balaban J connectivity index is 2.95. The number of nitrogens with one attached hydrogen (secondary N) is 1. The number of carbonyl (C=O) groups is 1. The van der Waals surface area contributed by atoms with E-state index in [1.807, 2.05) is 20.8 Å². The van der Waals surface area contributed by atoms with Gasteiger partial charge >= 0.3 is 0 Å². The predicted octanol–water partition coefficient (Wildman–Crippen LogP) is 0.568. The Bertz CT molecular complexity index is 325. The highest BCUT2D eigenvalue weighted by Gasteiger charge is 2.27. The first-order chi connectivity index (χ1) is 6.46. The minimum Gasteiger partial charge on any atom is -0.396 e. The van der Waals surface area contributed by atoms with Crippen molar-refractivity contribution >= 4 is 5.78 Å². The van der Waals surface area contributed by atoms with Gasteiger partial charge in [0.25, 0.3) is 0 Å². The summed E-state index contributed by atoms with van der Waals surface area (Å²) in [6.45, 7) is 5.45. The van der Waals surface area contributed by atoms with Crippen LogP contribution < -0.4 is 0 Å². The molecule has 0 spiro atoms. The van der Waals surface area contributed by atoms with Gasteiger partial charge in [0.2, 0.25) is 0 Å². The fraction of sp³-hybridized carbons (Fsp3) is 0.667. The van der Waals surface area contributed by atoms with Gasteiger partial charge in [-0.25, -0.2) is 0 Å². The summed E-state index contributed by atoms with van der Waals surface area (Å²) in [5, 5.41) is 18.8. The average molecular weight is 197 g/mol. The van der Waals surface area contributed by atoms with Gasteiger partial charge in [-0.3, -0.25) is 4.79 Å². The number of H-pyrrole nitrogens is 1. The fourth-order valence-corrected chi connectivity index (χ4v) is 1.07. The molecule has 14 heavy (non-hydrogen) atoms. The van der Waals surface area contributed by atoms with Crippen LogP contribution in [0, 0.1) is 5.41 Å². The Morgan fingerprint density at radius 2 is 2.07 bits per heavy atom. The SMILES string of the molecule is CC(C)(C)C(=O)c1n[nH]nc1CCO. The number of nitrogens with zero attached hydrogens (tertiary/aromatic N) is 2. The maximum atomic E-state index is 11.8. The molecule has 0 amide bonds. The summed E-state index contributed by atoms with van der Waals surface area (Å²) in [5.74, 6) is -0.0605. The quantitative estimate of drug-likeness (QED) is 0.694. The number of aliphatic hydroxyl groups excluding tert-OH is 1. The van der Waals surface area contributed by atoms with Crippen LogP contribution in [0.4, 0.5) is 0 Å². The Morgan fingerprint density at radius 1 is 1.43 bits per heavy atom. The minimum atomic E-state index is -0.471. The molecular weight excluding hydrogens is 182 g/mol. The van der Waals surface area contributed by atoms with Crippen molar-refractivity contribution in [3.63, 3.8) is 0 Å². The van der Waals surface area contributed by atoms with Crippen molar-refractivity contribution < 1.29 is 9.90 Å². The molecule has 5 nitrogen and oxygen atoms in total. The molecule has 0 aliphatic heterocycles. The van der Waals surface area contributed by atoms with E-state index in [-0.39, 0.29) is 12.4 Å². The van der Waals surface area contributed by atoms with Crippen molar-refractivity contribution in [3.05, 3.63) is 11.4 Å². The first-order valence-corrected chi connectivity index (χ1v) is 4.52. The zero-order valence-electron chi connectivity index (χ0n) is 8.66. The maximum Gasteiger partial charge on any atom is 0.190 e. The lowest BCUT2D eigenvalue weighted by molar-refractivity contribution is 0.0851. The number of hydrogen-bond acceptors (Lipinski definition) is 4. The number of hydrogen-bond donors (Lipinski definition) is 2. The van der Waals surface area contributed by atoms with Crippen LogP contribution in [0.3, 0.4) is 0 Å². The van der Waals surface area contributed by atoms with Crippen LogP contribution in [0.15, 0.2) is 0 Å². The third kappa shape index (κ3) is 2.17. The lowest BCUT2D eigenvalue weighted by Crippen LogP contribution is -2.22. The maximum absolute atomic E-state index is 11.8. The van der Waals surface area contributed by atoms with Crippen molar-refractivity contribution in [1.82, 2.24) is 15.4 Å². The molecule has 0 bridgehead atoms. The van der Waals surface area contributed by atoms with Crippen LogP contribution in [0.2, 0.25) is 0 Å². The van der Waals surface area contributed by atoms with E-state index in [0.717, 1.165) is 0 Å². The summed E-state index contributed by atoms with van der Waals surface area (Å²) in [7, 11) is 0. The lowest BCUT2D eigenvalue weighted by atomic mass is 9.88. The highest BCUT2D eigenvalue weighted by atomic mass is 16.3. The van der Waals surface area contributed by atoms with Gasteiger partial charge in [-0.15, -0.1) is 0 Å². The largest absolute Gasteiger partial charge is 0.396 e. The number of Topliss-reactive ketones (excluding diaryl/α,β-unsaturated/α-hetero) is 1. The van der Waals surface area contributed by atoms with E-state index in [1.54, 1.807) is 0 Å². The second kappa shape index (κ2) is 3.88. The molecule has 1 rings (SSSR count). The number of carbonyl (C=O) groups excluding carboxylic acids is 1. The molecule has 0 radical (unpaired) electrons. The first kappa shape index (κ1) is 10.8. The third-order valence-corrected chi connectivity index (χ3v) is 1.86. The summed E-state index contributed by atoms with van der Waals surface area (Å²) in [6, 6.07) is 0. The molecule has 0 saturated heterocycles. The molecule has 78 valence electrons. The van der Waals surface area contributed by atoms with Crippen LogP contribution >= 0.6 is 0 Å². The molecule has 0 aliphatic carbocycles. The van der Waals surface area contributed by atoms with Crippen LogP contribution in [0.5, 0.6) is 0 Å². The van der Waals surface area contributed by atoms with Gasteiger partial charge in [-0.1, -0.05) is 20.8 Å². The summed E-state index contributed by atoms with van der Waals surface area (Å²) in [5.41, 5.74) is 0.403. The zero-order valence-corrected chi connectivity index (χ0v) is 8.66. The second-order valence-corrected chi connectivity index (χ2v) is 4.17. The Kier molecular flexibility index (Phi) is 3.00. The Hall–Kier alpha value is -1.23. The monoisotopic (exact) mass is 197 g/mol. The van der Waals surface area contributed by atoms with Gasteiger partial charge in [0.05, 0.1) is 5.69 Å². The van der Waals surface area contributed by atoms with Gasteiger partial charge in [0, 0.05) is 18.4 Å². The van der Waals surface area contributed by atoms with Crippen LogP contribution in [-0.2, 0) is 6.42 Å². The summed E-state index contributed by atoms with van der Waals surface area (Å²) in [4.78, 5) is 11.8. The summed E-state index contributed by atoms with van der Waals surface area (Å²) >= 11 is 0. The Labute approximate surface area is 82.5 Å². The number of aromatic nitrogens is 3. The average Bonchev–Trinajstić information content (AvgIpc) is 2.50. The molecule has 2 N–H and O–H groups in total. The molecule has 5 heteroatoms. The number of ketones is 1. The smallest absolute Gasteiger partial charge is 0.190 e. The molecule has 0 saturated carbocycles. The van der Waals surface area contributed by atoms with Crippen molar-refractivity contribution in [1.29, 1.82) is 0 Å². The topological polar surface area (TPSA) is 78.9 Å². The van der Waals surface area contributed by atoms with E-state index >= 15 is 0 Å². The molecule has 0 aromatic carbocycles. The van der Waals surface area contributed by atoms with Gasteiger partial charge in [0.15, 0.2) is 11.5 Å². The third-order valence-electron chi connectivity index (χ3n) is 1.86. The van der Waals surface area contributed by atoms with Crippen LogP contribution in [-0.4, -0.2) is 32.9 Å². The summed E-state index contributed by atoms with van der Waals surface area (Å²) in [6.07, 6.45) is 0.355. The van der Waals surface area contributed by atoms with Crippen molar-refractivity contribution in [3.8, 4) is 0 Å². The van der Waals surface area contributed by atoms with Crippen LogP contribution in [0.1, 0.15) is 37.0 Å².